The molecule has 4 nitrogen and oxygen atoms in total. The van der Waals surface area contributed by atoms with E-state index >= 15 is 0 Å². The van der Waals surface area contributed by atoms with Crippen LogP contribution in [0.1, 0.15) is 63.4 Å². The maximum absolute atomic E-state index is 13.2. The number of carbonyl (C=O) groups is 2. The summed E-state index contributed by atoms with van der Waals surface area (Å²) in [6.45, 7) is 1.85. The summed E-state index contributed by atoms with van der Waals surface area (Å²) < 4.78 is 5.83. The van der Waals surface area contributed by atoms with Gasteiger partial charge in [-0.2, -0.15) is 0 Å². The Balaban J connectivity index is 1.78. The van der Waals surface area contributed by atoms with Crippen molar-refractivity contribution in [1.82, 2.24) is 0 Å². The number of ketones is 1. The number of Topliss-reactive ketones (excluding diaryl/α,β-unsaturated/α-hetero) is 1. The van der Waals surface area contributed by atoms with E-state index < -0.39 is 11.8 Å². The van der Waals surface area contributed by atoms with Crippen LogP contribution >= 0.6 is 23.2 Å². The highest BCUT2D eigenvalue weighted by atomic mass is 35.5. The summed E-state index contributed by atoms with van der Waals surface area (Å²) in [7, 11) is 0. The molecule has 1 saturated carbocycles. The molecule has 1 heterocycles. The number of carbonyl (C=O) groups excluding carboxylic acids is 2. The molecule has 1 fully saturated rings. The van der Waals surface area contributed by atoms with Gasteiger partial charge < -0.3 is 4.74 Å². The van der Waals surface area contributed by atoms with Gasteiger partial charge in [-0.15, -0.1) is 0 Å². The molecule has 3 aliphatic rings. The van der Waals surface area contributed by atoms with Crippen LogP contribution in [0.3, 0.4) is 0 Å². The summed E-state index contributed by atoms with van der Waals surface area (Å²) in [5, 5.41) is 0.972. The van der Waals surface area contributed by atoms with Gasteiger partial charge in [-0.1, -0.05) is 29.3 Å². The normalized spacial score (nSPS) is 25.5. The molecule has 1 unspecified atom stereocenters. The highest BCUT2D eigenvalue weighted by molar-refractivity contribution is 6.35. The number of allylic oxidation sites excluding steroid dienone is 2. The van der Waals surface area contributed by atoms with Gasteiger partial charge in [0.05, 0.1) is 0 Å². The summed E-state index contributed by atoms with van der Waals surface area (Å²) in [6.07, 6.45) is 5.91. The second kappa shape index (κ2) is 8.00. The van der Waals surface area contributed by atoms with Crippen molar-refractivity contribution in [3.63, 3.8) is 0 Å². The molecule has 2 aliphatic carbocycles. The van der Waals surface area contributed by atoms with Crippen molar-refractivity contribution < 1.29 is 14.3 Å². The fourth-order valence-corrected chi connectivity index (χ4v) is 5.17. The SMILES string of the molecule is CC1=NC2=C(C(=O)CCC2)[C@H](c2ccc(Cl)cc2Cl)C1C(=O)OC1CCCC1. The fourth-order valence-electron chi connectivity index (χ4n) is 4.65. The van der Waals surface area contributed by atoms with E-state index in [9.17, 15) is 9.59 Å². The first-order valence-corrected chi connectivity index (χ1v) is 10.7. The van der Waals surface area contributed by atoms with Crippen molar-refractivity contribution in [3.8, 4) is 0 Å². The van der Waals surface area contributed by atoms with E-state index in [1.807, 2.05) is 13.0 Å². The third-order valence-corrected chi connectivity index (χ3v) is 6.53. The molecule has 0 amide bonds. The van der Waals surface area contributed by atoms with Gasteiger partial charge in [0.25, 0.3) is 0 Å². The number of ether oxygens (including phenoxy) is 1. The Hall–Kier alpha value is -1.65. The highest BCUT2D eigenvalue weighted by Crippen LogP contribution is 2.46. The lowest BCUT2D eigenvalue weighted by Gasteiger charge is -2.35. The first-order chi connectivity index (χ1) is 13.5. The molecule has 2 atom stereocenters. The minimum atomic E-state index is -0.639. The van der Waals surface area contributed by atoms with Crippen molar-refractivity contribution in [2.75, 3.05) is 0 Å². The lowest BCUT2D eigenvalue weighted by Crippen LogP contribution is -2.38. The molecule has 0 spiro atoms. The first kappa shape index (κ1) is 19.7. The largest absolute Gasteiger partial charge is 0.462 e. The summed E-state index contributed by atoms with van der Waals surface area (Å²) in [5.74, 6) is -1.37. The maximum Gasteiger partial charge on any atom is 0.315 e. The van der Waals surface area contributed by atoms with E-state index in [-0.39, 0.29) is 17.9 Å². The maximum atomic E-state index is 13.2. The molecule has 1 aromatic carbocycles. The molecule has 6 heteroatoms. The monoisotopic (exact) mass is 419 g/mol. The van der Waals surface area contributed by atoms with Crippen molar-refractivity contribution in [2.24, 2.45) is 10.9 Å². The van der Waals surface area contributed by atoms with Crippen molar-refractivity contribution in [2.45, 2.75) is 63.9 Å². The van der Waals surface area contributed by atoms with Crippen molar-refractivity contribution >= 4 is 40.7 Å². The van der Waals surface area contributed by atoms with Gasteiger partial charge in [-0.3, -0.25) is 14.6 Å². The lowest BCUT2D eigenvalue weighted by molar-refractivity contribution is -0.151. The number of hydrogen-bond donors (Lipinski definition) is 0. The molecule has 28 heavy (non-hydrogen) atoms. The van der Waals surface area contributed by atoms with E-state index in [1.165, 1.54) is 0 Å². The van der Waals surface area contributed by atoms with E-state index in [0.717, 1.165) is 49.8 Å². The minimum Gasteiger partial charge on any atom is -0.462 e. The summed E-state index contributed by atoms with van der Waals surface area (Å²) in [4.78, 5) is 30.7. The van der Waals surface area contributed by atoms with E-state index in [0.29, 0.717) is 27.8 Å². The van der Waals surface area contributed by atoms with Gasteiger partial charge in [0, 0.05) is 39.4 Å². The minimum absolute atomic E-state index is 0.0425. The third kappa shape index (κ3) is 3.65. The molecular formula is C22H23Cl2NO3. The van der Waals surface area contributed by atoms with Crippen LogP contribution < -0.4 is 0 Å². The molecule has 148 valence electrons. The number of nitrogens with zero attached hydrogens (tertiary/aromatic N) is 1. The molecule has 0 N–H and O–H groups in total. The zero-order valence-electron chi connectivity index (χ0n) is 15.8. The van der Waals surface area contributed by atoms with Crippen LogP contribution in [0.5, 0.6) is 0 Å². The number of hydrogen-bond acceptors (Lipinski definition) is 4. The Morgan fingerprint density at radius 3 is 2.61 bits per heavy atom. The number of rotatable bonds is 3. The van der Waals surface area contributed by atoms with Crippen LogP contribution in [0.2, 0.25) is 10.0 Å². The predicted molar refractivity (Wildman–Crippen MR) is 110 cm³/mol. The molecule has 0 saturated heterocycles. The van der Waals surface area contributed by atoms with Gasteiger partial charge in [0.15, 0.2) is 5.78 Å². The smallest absolute Gasteiger partial charge is 0.315 e. The number of benzene rings is 1. The first-order valence-electron chi connectivity index (χ1n) is 9.92. The lowest BCUT2D eigenvalue weighted by atomic mass is 9.71. The Bertz CT molecular complexity index is 884. The summed E-state index contributed by atoms with van der Waals surface area (Å²) >= 11 is 12.6. The number of esters is 1. The zero-order chi connectivity index (χ0) is 19.8. The van der Waals surface area contributed by atoms with Crippen LogP contribution in [0.25, 0.3) is 0 Å². The van der Waals surface area contributed by atoms with Crippen molar-refractivity contribution in [1.29, 1.82) is 0 Å². The van der Waals surface area contributed by atoms with Gasteiger partial charge in [0.2, 0.25) is 0 Å². The average molecular weight is 420 g/mol. The Morgan fingerprint density at radius 1 is 1.14 bits per heavy atom. The van der Waals surface area contributed by atoms with Crippen LogP contribution in [-0.2, 0) is 14.3 Å². The topological polar surface area (TPSA) is 55.7 Å². The van der Waals surface area contributed by atoms with Crippen LogP contribution in [0.15, 0.2) is 34.5 Å². The Morgan fingerprint density at radius 2 is 1.89 bits per heavy atom. The number of halogens is 2. The zero-order valence-corrected chi connectivity index (χ0v) is 17.4. The standard InChI is InChI=1S/C22H23Cl2NO3/c1-12-19(22(27)28-14-5-2-3-6-14)20(15-10-9-13(23)11-16(15)24)21-17(25-12)7-4-8-18(21)26/h9-11,14,19-20H,2-8H2,1H3/t19?,20-/m1/s1. The van der Waals surface area contributed by atoms with Crippen LogP contribution in [0, 0.1) is 5.92 Å². The van der Waals surface area contributed by atoms with Gasteiger partial charge >= 0.3 is 5.97 Å². The second-order valence-electron chi connectivity index (χ2n) is 7.85. The van der Waals surface area contributed by atoms with Crippen LogP contribution in [-0.4, -0.2) is 23.6 Å². The van der Waals surface area contributed by atoms with E-state index in [2.05, 4.69) is 4.99 Å². The van der Waals surface area contributed by atoms with Crippen molar-refractivity contribution in [3.05, 3.63) is 45.1 Å². The molecule has 4 rings (SSSR count). The molecule has 0 bridgehead atoms. The quantitative estimate of drug-likeness (QED) is 0.593. The van der Waals surface area contributed by atoms with Gasteiger partial charge in [-0.05, 0) is 63.1 Å². The van der Waals surface area contributed by atoms with Crippen LogP contribution in [0.4, 0.5) is 0 Å². The van der Waals surface area contributed by atoms with Gasteiger partial charge in [0.1, 0.15) is 12.0 Å². The Labute approximate surface area is 175 Å². The summed E-state index contributed by atoms with van der Waals surface area (Å²) in [5.41, 5.74) is 2.83. The average Bonchev–Trinajstić information content (AvgIpc) is 3.14. The molecule has 1 aromatic rings. The molecule has 1 aliphatic heterocycles. The van der Waals surface area contributed by atoms with E-state index in [4.69, 9.17) is 27.9 Å². The second-order valence-corrected chi connectivity index (χ2v) is 8.70. The highest BCUT2D eigenvalue weighted by Gasteiger charge is 2.44. The number of aliphatic imine (C=N–C) groups is 1. The molecule has 0 radical (unpaired) electrons. The molecule has 0 aromatic heterocycles. The fraction of sp³-hybridized carbons (Fsp3) is 0.500. The van der Waals surface area contributed by atoms with E-state index in [1.54, 1.807) is 12.1 Å². The third-order valence-electron chi connectivity index (χ3n) is 5.97. The summed E-state index contributed by atoms with van der Waals surface area (Å²) in [6, 6.07) is 5.22. The molecular weight excluding hydrogens is 397 g/mol. The van der Waals surface area contributed by atoms with Gasteiger partial charge in [-0.25, -0.2) is 0 Å². The Kier molecular flexibility index (Phi) is 5.62. The predicted octanol–water partition coefficient (Wildman–Crippen LogP) is 5.66.